The van der Waals surface area contributed by atoms with Crippen molar-refractivity contribution >= 4 is 28.5 Å². The molecule has 7 nitrogen and oxygen atoms in total. The van der Waals surface area contributed by atoms with Crippen LogP contribution in [0.4, 0.5) is 18.9 Å². The summed E-state index contributed by atoms with van der Waals surface area (Å²) in [4.78, 5) is 43.2. The van der Waals surface area contributed by atoms with E-state index in [1.54, 1.807) is 24.3 Å². The molecule has 1 amide bonds. The van der Waals surface area contributed by atoms with Crippen LogP contribution in [0.1, 0.15) is 26.5 Å². The zero-order valence-electron chi connectivity index (χ0n) is 17.6. The molecule has 0 aliphatic carbocycles. The Morgan fingerprint density at radius 3 is 2.41 bits per heavy atom. The summed E-state index contributed by atoms with van der Waals surface area (Å²) in [5.74, 6) is -2.11. The van der Waals surface area contributed by atoms with Crippen molar-refractivity contribution < 1.29 is 27.5 Å². The van der Waals surface area contributed by atoms with Gasteiger partial charge in [0.2, 0.25) is 5.82 Å². The summed E-state index contributed by atoms with van der Waals surface area (Å²) in [6, 6.07) is 16.3. The lowest BCUT2D eigenvalue weighted by atomic mass is 10.1. The van der Waals surface area contributed by atoms with E-state index in [0.717, 1.165) is 22.8 Å². The molecule has 1 N–H and O–H groups in total. The number of esters is 1. The SMILES string of the molecule is COC(=O)c1ccccc1-n1c(C(=O)Nc2cccc(C(F)(F)F)c2)nc2ccccc2c1=O. The summed E-state index contributed by atoms with van der Waals surface area (Å²) >= 11 is 0. The van der Waals surface area contributed by atoms with Gasteiger partial charge in [-0.25, -0.2) is 9.78 Å². The van der Waals surface area contributed by atoms with E-state index in [9.17, 15) is 27.6 Å². The van der Waals surface area contributed by atoms with Crippen LogP contribution in [0.25, 0.3) is 16.6 Å². The fourth-order valence-corrected chi connectivity index (χ4v) is 3.42. The summed E-state index contributed by atoms with van der Waals surface area (Å²) in [7, 11) is 1.17. The van der Waals surface area contributed by atoms with Crippen LogP contribution in [-0.2, 0) is 10.9 Å². The molecular formula is C24H16F3N3O4. The Hall–Kier alpha value is -4.47. The lowest BCUT2D eigenvalue weighted by Crippen LogP contribution is -2.30. The number of fused-ring (bicyclic) bond motifs is 1. The van der Waals surface area contributed by atoms with Crippen molar-refractivity contribution in [2.45, 2.75) is 6.18 Å². The number of amides is 1. The van der Waals surface area contributed by atoms with Crippen LogP contribution in [0.15, 0.2) is 77.6 Å². The second-order valence-electron chi connectivity index (χ2n) is 7.13. The number of nitrogens with one attached hydrogen (secondary N) is 1. The number of aromatic nitrogens is 2. The first-order valence-corrected chi connectivity index (χ1v) is 9.89. The van der Waals surface area contributed by atoms with Crippen molar-refractivity contribution in [2.24, 2.45) is 0 Å². The van der Waals surface area contributed by atoms with Gasteiger partial charge in [-0.1, -0.05) is 30.3 Å². The second-order valence-corrected chi connectivity index (χ2v) is 7.13. The van der Waals surface area contributed by atoms with Crippen LogP contribution in [0, 0.1) is 0 Å². The molecule has 10 heteroatoms. The lowest BCUT2D eigenvalue weighted by Gasteiger charge is -2.16. The van der Waals surface area contributed by atoms with Crippen molar-refractivity contribution in [1.29, 1.82) is 0 Å². The number of hydrogen-bond acceptors (Lipinski definition) is 5. The predicted octanol–water partition coefficient (Wildman–Crippen LogP) is 4.44. The van der Waals surface area contributed by atoms with Gasteiger partial charge in [-0.3, -0.25) is 14.2 Å². The maximum Gasteiger partial charge on any atom is 0.416 e. The molecule has 3 aromatic carbocycles. The Morgan fingerprint density at radius 1 is 0.971 bits per heavy atom. The van der Waals surface area contributed by atoms with Gasteiger partial charge in [0.05, 0.1) is 34.8 Å². The topological polar surface area (TPSA) is 90.3 Å². The molecule has 0 saturated heterocycles. The molecule has 1 heterocycles. The summed E-state index contributed by atoms with van der Waals surface area (Å²) in [5.41, 5.74) is -1.51. The van der Waals surface area contributed by atoms with E-state index < -0.39 is 35.0 Å². The van der Waals surface area contributed by atoms with Gasteiger partial charge in [-0.2, -0.15) is 13.2 Å². The predicted molar refractivity (Wildman–Crippen MR) is 118 cm³/mol. The van der Waals surface area contributed by atoms with Crippen molar-refractivity contribution in [3.8, 4) is 5.69 Å². The van der Waals surface area contributed by atoms with Crippen LogP contribution in [0.5, 0.6) is 0 Å². The number of rotatable bonds is 4. The van der Waals surface area contributed by atoms with E-state index in [-0.39, 0.29) is 27.8 Å². The molecule has 172 valence electrons. The minimum atomic E-state index is -4.61. The van der Waals surface area contributed by atoms with Gasteiger partial charge < -0.3 is 10.1 Å². The van der Waals surface area contributed by atoms with Crippen LogP contribution in [-0.4, -0.2) is 28.5 Å². The molecule has 0 bridgehead atoms. The molecular weight excluding hydrogens is 451 g/mol. The highest BCUT2D eigenvalue weighted by molar-refractivity contribution is 6.04. The number of halogens is 3. The maximum absolute atomic E-state index is 13.4. The number of carbonyl (C=O) groups is 2. The standard InChI is InChI=1S/C24H16F3N3O4/c1-34-23(33)17-10-3-5-12-19(17)30-20(29-18-11-4-2-9-16(18)22(30)32)21(31)28-15-8-6-7-14(13-15)24(25,26)27/h2-13H,1H3,(H,28,31). The van der Waals surface area contributed by atoms with Gasteiger partial charge in [0.25, 0.3) is 11.5 Å². The number of nitrogens with zero attached hydrogens (tertiary/aromatic N) is 2. The Kier molecular flexibility index (Phi) is 5.89. The molecule has 4 rings (SSSR count). The Balaban J connectivity index is 1.91. The molecule has 4 aromatic rings. The van der Waals surface area contributed by atoms with Gasteiger partial charge in [0, 0.05) is 5.69 Å². The summed E-state index contributed by atoms with van der Waals surface area (Å²) in [5, 5.41) is 2.54. The van der Waals surface area contributed by atoms with Crippen LogP contribution in [0.3, 0.4) is 0 Å². The third kappa shape index (κ3) is 4.25. The number of anilines is 1. The van der Waals surface area contributed by atoms with Gasteiger partial charge in [0.1, 0.15) is 0 Å². The highest BCUT2D eigenvalue weighted by Crippen LogP contribution is 2.30. The molecule has 0 spiro atoms. The molecule has 0 saturated carbocycles. The first-order valence-electron chi connectivity index (χ1n) is 9.89. The van der Waals surface area contributed by atoms with Crippen molar-refractivity contribution in [2.75, 3.05) is 12.4 Å². The average molecular weight is 467 g/mol. The number of carbonyl (C=O) groups excluding carboxylic acids is 2. The summed E-state index contributed by atoms with van der Waals surface area (Å²) < 4.78 is 45.0. The van der Waals surface area contributed by atoms with Crippen molar-refractivity contribution in [3.63, 3.8) is 0 Å². The molecule has 0 atom stereocenters. The third-order valence-electron chi connectivity index (χ3n) is 4.98. The minimum Gasteiger partial charge on any atom is -0.465 e. The van der Waals surface area contributed by atoms with E-state index in [4.69, 9.17) is 4.74 Å². The zero-order valence-corrected chi connectivity index (χ0v) is 17.6. The number of alkyl halides is 3. The van der Waals surface area contributed by atoms with Gasteiger partial charge >= 0.3 is 12.1 Å². The normalized spacial score (nSPS) is 11.3. The lowest BCUT2D eigenvalue weighted by molar-refractivity contribution is -0.137. The van der Waals surface area contributed by atoms with E-state index in [1.165, 1.54) is 37.4 Å². The summed E-state index contributed by atoms with van der Waals surface area (Å²) in [6.07, 6.45) is -4.61. The van der Waals surface area contributed by atoms with Crippen molar-refractivity contribution in [1.82, 2.24) is 9.55 Å². The Bertz CT molecular complexity index is 1480. The fraction of sp³-hybridized carbons (Fsp3) is 0.0833. The molecule has 0 fully saturated rings. The monoisotopic (exact) mass is 467 g/mol. The third-order valence-corrected chi connectivity index (χ3v) is 4.98. The van der Waals surface area contributed by atoms with Crippen LogP contribution < -0.4 is 10.9 Å². The first kappa shape index (κ1) is 22.7. The maximum atomic E-state index is 13.4. The zero-order chi connectivity index (χ0) is 24.5. The molecule has 0 radical (unpaired) electrons. The van der Waals surface area contributed by atoms with E-state index >= 15 is 0 Å². The molecule has 0 aliphatic rings. The molecule has 34 heavy (non-hydrogen) atoms. The smallest absolute Gasteiger partial charge is 0.416 e. The van der Waals surface area contributed by atoms with Gasteiger partial charge in [0.15, 0.2) is 0 Å². The number of hydrogen-bond donors (Lipinski definition) is 1. The van der Waals surface area contributed by atoms with E-state index in [0.29, 0.717) is 0 Å². The summed E-state index contributed by atoms with van der Waals surface area (Å²) in [6.45, 7) is 0. The largest absolute Gasteiger partial charge is 0.465 e. The molecule has 0 aliphatic heterocycles. The van der Waals surface area contributed by atoms with Gasteiger partial charge in [-0.15, -0.1) is 0 Å². The van der Waals surface area contributed by atoms with Gasteiger partial charge in [-0.05, 0) is 42.5 Å². The van der Waals surface area contributed by atoms with E-state index in [1.807, 2.05) is 0 Å². The second kappa shape index (κ2) is 8.81. The quantitative estimate of drug-likeness (QED) is 0.448. The molecule has 1 aromatic heterocycles. The highest BCUT2D eigenvalue weighted by atomic mass is 19.4. The highest BCUT2D eigenvalue weighted by Gasteiger charge is 2.31. The number of methoxy groups -OCH3 is 1. The average Bonchev–Trinajstić information content (AvgIpc) is 2.83. The number of para-hydroxylation sites is 2. The first-order chi connectivity index (χ1) is 16.2. The Labute approximate surface area is 190 Å². The van der Waals surface area contributed by atoms with Crippen molar-refractivity contribution in [3.05, 3.63) is 100 Å². The Morgan fingerprint density at radius 2 is 1.68 bits per heavy atom. The molecule has 0 unspecified atom stereocenters. The fourth-order valence-electron chi connectivity index (χ4n) is 3.42. The minimum absolute atomic E-state index is 0.00250. The number of benzene rings is 3. The number of ether oxygens (including phenoxy) is 1. The van der Waals surface area contributed by atoms with E-state index in [2.05, 4.69) is 10.3 Å². The van der Waals surface area contributed by atoms with Crippen LogP contribution in [0.2, 0.25) is 0 Å². The van der Waals surface area contributed by atoms with Crippen LogP contribution >= 0.6 is 0 Å².